The van der Waals surface area contributed by atoms with Gasteiger partial charge in [-0.05, 0) is 31.2 Å². The molecular weight excluding hydrogens is 470 g/mol. The zero-order valence-corrected chi connectivity index (χ0v) is 18.6. The number of hydrogen-bond donors (Lipinski definition) is 3. The molecule has 2 heterocycles. The molecule has 1 aromatic heterocycles. The first-order valence-corrected chi connectivity index (χ1v) is 11.2. The smallest absolute Gasteiger partial charge is 0.136 e. The first-order valence-electron chi connectivity index (χ1n) is 9.50. The number of aromatic nitrogens is 3. The van der Waals surface area contributed by atoms with Gasteiger partial charge in [-0.3, -0.25) is 0 Å². The Hall–Kier alpha value is -1.75. The van der Waals surface area contributed by atoms with E-state index in [0.717, 1.165) is 20.5 Å². The molecule has 2 aromatic carbocycles. The fourth-order valence-electron chi connectivity index (χ4n) is 3.40. The van der Waals surface area contributed by atoms with Crippen LogP contribution in [0.2, 0.25) is 0 Å². The number of halogens is 1. The minimum Gasteiger partial charge on any atom is -0.394 e. The molecule has 1 fully saturated rings. The van der Waals surface area contributed by atoms with E-state index in [4.69, 9.17) is 4.74 Å². The molecule has 0 amide bonds. The quantitative estimate of drug-likeness (QED) is 0.504. The van der Waals surface area contributed by atoms with E-state index >= 15 is 0 Å². The minimum absolute atomic E-state index is 0.371. The normalized spacial score (nSPS) is 26.6. The van der Waals surface area contributed by atoms with E-state index in [2.05, 4.69) is 26.2 Å². The van der Waals surface area contributed by atoms with Crippen molar-refractivity contribution in [2.24, 2.45) is 0 Å². The lowest BCUT2D eigenvalue weighted by molar-refractivity contribution is -0.178. The highest BCUT2D eigenvalue weighted by molar-refractivity contribution is 9.10. The van der Waals surface area contributed by atoms with Gasteiger partial charge in [0, 0.05) is 14.9 Å². The molecule has 0 bridgehead atoms. The van der Waals surface area contributed by atoms with Crippen LogP contribution in [-0.4, -0.2) is 60.7 Å². The van der Waals surface area contributed by atoms with Crippen LogP contribution in [0.1, 0.15) is 11.6 Å². The van der Waals surface area contributed by atoms with Crippen molar-refractivity contribution >= 4 is 27.7 Å². The highest BCUT2D eigenvalue weighted by Crippen LogP contribution is 2.38. The topological polar surface area (TPSA) is 101 Å². The van der Waals surface area contributed by atoms with E-state index < -0.39 is 29.8 Å². The van der Waals surface area contributed by atoms with Crippen molar-refractivity contribution in [2.45, 2.75) is 41.6 Å². The van der Waals surface area contributed by atoms with Gasteiger partial charge < -0.3 is 20.1 Å². The Morgan fingerprint density at radius 3 is 2.43 bits per heavy atom. The molecule has 3 aromatic rings. The summed E-state index contributed by atoms with van der Waals surface area (Å²) in [6.45, 7) is 1.63. The minimum atomic E-state index is -1.14. The molecule has 0 saturated carbocycles. The molecule has 0 radical (unpaired) electrons. The third kappa shape index (κ3) is 4.46. The van der Waals surface area contributed by atoms with E-state index in [1.54, 1.807) is 6.20 Å². The Bertz CT molecular complexity index is 983. The van der Waals surface area contributed by atoms with Crippen LogP contribution < -0.4 is 0 Å². The average molecular weight is 492 g/mol. The molecule has 3 N–H and O–H groups in total. The Morgan fingerprint density at radius 2 is 1.77 bits per heavy atom. The summed E-state index contributed by atoms with van der Waals surface area (Å²) >= 11 is 4.75. The van der Waals surface area contributed by atoms with Crippen molar-refractivity contribution in [3.8, 4) is 11.3 Å². The Labute approximate surface area is 186 Å². The SMILES string of the molecule is Cc1ccc(S[C@@H]2O[C@H](CO)[C@H](O)[C@H](n3cc(-c4ccc(Br)cc4)nn3)[C@H]2O)cc1. The average Bonchev–Trinajstić information content (AvgIpc) is 3.22. The number of rotatable bonds is 5. The van der Waals surface area contributed by atoms with Crippen LogP contribution >= 0.6 is 27.7 Å². The van der Waals surface area contributed by atoms with Crippen LogP contribution in [0.3, 0.4) is 0 Å². The van der Waals surface area contributed by atoms with Crippen molar-refractivity contribution in [2.75, 3.05) is 6.61 Å². The van der Waals surface area contributed by atoms with Gasteiger partial charge in [-0.1, -0.05) is 62.7 Å². The number of benzene rings is 2. The lowest BCUT2D eigenvalue weighted by Gasteiger charge is -2.41. The van der Waals surface area contributed by atoms with Gasteiger partial charge in [0.1, 0.15) is 35.5 Å². The summed E-state index contributed by atoms with van der Waals surface area (Å²) in [5, 5.41) is 39.8. The summed E-state index contributed by atoms with van der Waals surface area (Å²) < 4.78 is 8.21. The molecule has 0 unspecified atom stereocenters. The summed E-state index contributed by atoms with van der Waals surface area (Å²) in [6.07, 6.45) is -1.36. The van der Waals surface area contributed by atoms with Gasteiger partial charge in [0.2, 0.25) is 0 Å². The van der Waals surface area contributed by atoms with Crippen molar-refractivity contribution in [3.63, 3.8) is 0 Å². The molecule has 5 atom stereocenters. The number of aryl methyl sites for hydroxylation is 1. The van der Waals surface area contributed by atoms with Crippen LogP contribution in [0, 0.1) is 6.92 Å². The largest absolute Gasteiger partial charge is 0.394 e. The molecule has 30 heavy (non-hydrogen) atoms. The number of ether oxygens (including phenoxy) is 1. The number of hydrogen-bond acceptors (Lipinski definition) is 7. The first kappa shape index (κ1) is 21.5. The van der Waals surface area contributed by atoms with E-state index in [-0.39, 0.29) is 6.61 Å². The van der Waals surface area contributed by atoms with Gasteiger partial charge in [-0.25, -0.2) is 4.68 Å². The van der Waals surface area contributed by atoms with Crippen LogP contribution in [0.25, 0.3) is 11.3 Å². The van der Waals surface area contributed by atoms with Gasteiger partial charge in [-0.2, -0.15) is 0 Å². The monoisotopic (exact) mass is 491 g/mol. The molecule has 1 aliphatic rings. The maximum atomic E-state index is 11.0. The second-order valence-electron chi connectivity index (χ2n) is 7.22. The maximum absolute atomic E-state index is 11.0. The predicted molar refractivity (Wildman–Crippen MR) is 117 cm³/mol. The van der Waals surface area contributed by atoms with Gasteiger partial charge in [0.25, 0.3) is 0 Å². The van der Waals surface area contributed by atoms with Crippen molar-refractivity contribution in [3.05, 3.63) is 64.8 Å². The van der Waals surface area contributed by atoms with Crippen molar-refractivity contribution in [1.29, 1.82) is 0 Å². The van der Waals surface area contributed by atoms with Crippen molar-refractivity contribution < 1.29 is 20.1 Å². The maximum Gasteiger partial charge on any atom is 0.136 e. The number of nitrogens with zero attached hydrogens (tertiary/aromatic N) is 3. The molecular formula is C21H22BrN3O4S. The zero-order chi connectivity index (χ0) is 21.3. The van der Waals surface area contributed by atoms with Gasteiger partial charge >= 0.3 is 0 Å². The lowest BCUT2D eigenvalue weighted by atomic mass is 9.97. The van der Waals surface area contributed by atoms with E-state index in [9.17, 15) is 15.3 Å². The second-order valence-corrected chi connectivity index (χ2v) is 9.31. The van der Waals surface area contributed by atoms with Crippen LogP contribution in [0.15, 0.2) is 64.1 Å². The summed E-state index contributed by atoms with van der Waals surface area (Å²) in [6, 6.07) is 14.7. The van der Waals surface area contributed by atoms with Crippen molar-refractivity contribution in [1.82, 2.24) is 15.0 Å². The summed E-state index contributed by atoms with van der Waals surface area (Å²) in [4.78, 5) is 0.922. The molecule has 7 nitrogen and oxygen atoms in total. The van der Waals surface area contributed by atoms with Crippen LogP contribution in [-0.2, 0) is 4.74 Å². The third-order valence-electron chi connectivity index (χ3n) is 5.08. The molecule has 9 heteroatoms. The molecule has 158 valence electrons. The van der Waals surface area contributed by atoms with E-state index in [1.165, 1.54) is 16.4 Å². The highest BCUT2D eigenvalue weighted by Gasteiger charge is 2.46. The number of aliphatic hydroxyl groups is 3. The van der Waals surface area contributed by atoms with E-state index in [1.807, 2.05) is 55.5 Å². The van der Waals surface area contributed by atoms with E-state index in [0.29, 0.717) is 5.69 Å². The summed E-state index contributed by atoms with van der Waals surface area (Å²) in [7, 11) is 0. The Balaban J connectivity index is 1.60. The fourth-order valence-corrected chi connectivity index (χ4v) is 4.73. The molecule has 1 saturated heterocycles. The first-order chi connectivity index (χ1) is 14.5. The molecule has 1 aliphatic heterocycles. The fraction of sp³-hybridized carbons (Fsp3) is 0.333. The van der Waals surface area contributed by atoms with Gasteiger partial charge in [0.05, 0.1) is 12.8 Å². The lowest BCUT2D eigenvalue weighted by Crippen LogP contribution is -2.55. The summed E-state index contributed by atoms with van der Waals surface area (Å²) in [5.74, 6) is 0. The number of thioether (sulfide) groups is 1. The van der Waals surface area contributed by atoms with Crippen LogP contribution in [0.5, 0.6) is 0 Å². The van der Waals surface area contributed by atoms with Crippen LogP contribution in [0.4, 0.5) is 0 Å². The Kier molecular flexibility index (Phi) is 6.57. The Morgan fingerprint density at radius 1 is 1.07 bits per heavy atom. The third-order valence-corrected chi connectivity index (χ3v) is 6.77. The van der Waals surface area contributed by atoms with Gasteiger partial charge in [0.15, 0.2) is 0 Å². The number of aliphatic hydroxyl groups excluding tert-OH is 3. The highest BCUT2D eigenvalue weighted by atomic mass is 79.9. The zero-order valence-electron chi connectivity index (χ0n) is 16.2. The van der Waals surface area contributed by atoms with Gasteiger partial charge in [-0.15, -0.1) is 5.10 Å². The molecule has 0 aliphatic carbocycles. The standard InChI is InChI=1S/C21H22BrN3O4S/c1-12-2-8-15(9-3-12)30-21-20(28)18(19(27)17(11-26)29-21)25-10-16(23-24-25)13-4-6-14(22)7-5-13/h2-10,17-21,26-28H,11H2,1H3/t17-,18+,19+,20-,21+/m1/s1. The molecule has 0 spiro atoms. The summed E-state index contributed by atoms with van der Waals surface area (Å²) in [5.41, 5.74) is 1.94. The molecule has 4 rings (SSSR count). The second kappa shape index (κ2) is 9.17. The predicted octanol–water partition coefficient (Wildman–Crippen LogP) is 2.79.